The quantitative estimate of drug-likeness (QED) is 0.809. The molecule has 3 rings (SSSR count). The second kappa shape index (κ2) is 6.47. The topological polar surface area (TPSA) is 3.24 Å². The van der Waals surface area contributed by atoms with Gasteiger partial charge in [0.2, 0.25) is 0 Å². The summed E-state index contributed by atoms with van der Waals surface area (Å²) in [4.78, 5) is 2.58. The molecular weight excluding hydrogens is 262 g/mol. The van der Waals surface area contributed by atoms with E-state index in [2.05, 4.69) is 65.6 Å². The first-order chi connectivity index (χ1) is 9.86. The van der Waals surface area contributed by atoms with Crippen molar-refractivity contribution in [2.45, 2.75) is 24.1 Å². The van der Waals surface area contributed by atoms with Crippen molar-refractivity contribution >= 4 is 12.6 Å². The largest absolute Gasteiger partial charge is 0.295 e. The fraction of sp³-hybridized carbons (Fsp3) is 0.333. The number of rotatable bonds is 4. The molecule has 0 bridgehead atoms. The Labute approximate surface area is 127 Å². The summed E-state index contributed by atoms with van der Waals surface area (Å²) >= 11 is 4.96. The zero-order valence-corrected chi connectivity index (χ0v) is 12.5. The third kappa shape index (κ3) is 2.92. The number of likely N-dealkylation sites (tertiary alicyclic amines) is 1. The van der Waals surface area contributed by atoms with Crippen LogP contribution < -0.4 is 0 Å². The highest BCUT2D eigenvalue weighted by molar-refractivity contribution is 7.80. The van der Waals surface area contributed by atoms with Crippen LogP contribution in [0.4, 0.5) is 0 Å². The van der Waals surface area contributed by atoms with Crippen LogP contribution in [0.5, 0.6) is 0 Å². The van der Waals surface area contributed by atoms with E-state index in [1.54, 1.807) is 0 Å². The van der Waals surface area contributed by atoms with Crippen molar-refractivity contribution in [2.24, 2.45) is 0 Å². The van der Waals surface area contributed by atoms with E-state index in [9.17, 15) is 0 Å². The fourth-order valence-corrected chi connectivity index (χ4v) is 3.63. The Morgan fingerprint density at radius 3 is 1.80 bits per heavy atom. The van der Waals surface area contributed by atoms with Crippen molar-refractivity contribution < 1.29 is 0 Å². The molecule has 1 heterocycles. The number of benzene rings is 2. The summed E-state index contributed by atoms with van der Waals surface area (Å²) in [7, 11) is 0. The van der Waals surface area contributed by atoms with Crippen LogP contribution in [0, 0.1) is 0 Å². The van der Waals surface area contributed by atoms with E-state index in [-0.39, 0.29) is 5.25 Å². The maximum absolute atomic E-state index is 4.96. The Hall–Kier alpha value is -1.25. The van der Waals surface area contributed by atoms with Crippen LogP contribution in [0.25, 0.3) is 0 Å². The molecule has 1 nitrogen and oxygen atoms in total. The standard InChI is InChI=1S/C18H21NS/c20-18(16-11-5-2-6-12-16)17(19-13-7-8-14-19)15-9-3-1-4-10-15/h1-6,9-12,17-18,20H,7-8,13-14H2. The first kappa shape index (κ1) is 13.7. The first-order valence-electron chi connectivity index (χ1n) is 7.38. The number of hydrogen-bond acceptors (Lipinski definition) is 2. The van der Waals surface area contributed by atoms with Gasteiger partial charge < -0.3 is 0 Å². The summed E-state index contributed by atoms with van der Waals surface area (Å²) in [6.45, 7) is 2.37. The van der Waals surface area contributed by atoms with Gasteiger partial charge in [0.25, 0.3) is 0 Å². The molecule has 0 saturated carbocycles. The van der Waals surface area contributed by atoms with Gasteiger partial charge in [0.1, 0.15) is 0 Å². The molecule has 0 aliphatic carbocycles. The van der Waals surface area contributed by atoms with E-state index in [0.29, 0.717) is 6.04 Å². The average molecular weight is 283 g/mol. The van der Waals surface area contributed by atoms with Gasteiger partial charge in [-0.05, 0) is 37.1 Å². The molecule has 1 fully saturated rings. The Bertz CT molecular complexity index is 520. The van der Waals surface area contributed by atoms with Gasteiger partial charge in [0.05, 0.1) is 6.04 Å². The summed E-state index contributed by atoms with van der Waals surface area (Å²) in [5, 5.41) is 0.219. The van der Waals surface area contributed by atoms with E-state index >= 15 is 0 Å². The molecule has 0 radical (unpaired) electrons. The highest BCUT2D eigenvalue weighted by Crippen LogP contribution is 2.39. The molecule has 2 aromatic carbocycles. The smallest absolute Gasteiger partial charge is 0.0505 e. The molecule has 2 atom stereocenters. The molecule has 0 aromatic heterocycles. The zero-order valence-electron chi connectivity index (χ0n) is 11.7. The molecule has 2 aromatic rings. The van der Waals surface area contributed by atoms with E-state index in [1.807, 2.05) is 0 Å². The van der Waals surface area contributed by atoms with Crippen LogP contribution in [0.3, 0.4) is 0 Å². The summed E-state index contributed by atoms with van der Waals surface area (Å²) in [6.07, 6.45) is 2.61. The molecular formula is C18H21NS. The van der Waals surface area contributed by atoms with Gasteiger partial charge in [-0.1, -0.05) is 60.7 Å². The van der Waals surface area contributed by atoms with Crippen LogP contribution in [-0.4, -0.2) is 18.0 Å². The predicted molar refractivity (Wildman–Crippen MR) is 88.2 cm³/mol. The minimum Gasteiger partial charge on any atom is -0.295 e. The first-order valence-corrected chi connectivity index (χ1v) is 7.90. The molecule has 2 unspecified atom stereocenters. The van der Waals surface area contributed by atoms with Gasteiger partial charge in [0, 0.05) is 5.25 Å². The predicted octanol–water partition coefficient (Wildman–Crippen LogP) is 4.49. The second-order valence-electron chi connectivity index (χ2n) is 5.45. The third-order valence-corrected chi connectivity index (χ3v) is 4.70. The van der Waals surface area contributed by atoms with Gasteiger partial charge in [-0.3, -0.25) is 4.90 Å². The van der Waals surface area contributed by atoms with Crippen LogP contribution in [0.15, 0.2) is 60.7 Å². The molecule has 0 N–H and O–H groups in total. The molecule has 20 heavy (non-hydrogen) atoms. The van der Waals surface area contributed by atoms with Gasteiger partial charge in [-0.2, -0.15) is 12.6 Å². The molecule has 0 amide bonds. The van der Waals surface area contributed by atoms with Gasteiger partial charge in [-0.15, -0.1) is 0 Å². The van der Waals surface area contributed by atoms with Gasteiger partial charge in [-0.25, -0.2) is 0 Å². The summed E-state index contributed by atoms with van der Waals surface area (Å²) in [6, 6.07) is 21.8. The van der Waals surface area contributed by atoms with Crippen molar-refractivity contribution in [3.05, 3.63) is 71.8 Å². The Morgan fingerprint density at radius 1 is 0.750 bits per heavy atom. The van der Waals surface area contributed by atoms with Crippen molar-refractivity contribution in [1.82, 2.24) is 4.90 Å². The minimum atomic E-state index is 0.219. The van der Waals surface area contributed by atoms with Gasteiger partial charge in [0.15, 0.2) is 0 Å². The van der Waals surface area contributed by atoms with E-state index < -0.39 is 0 Å². The maximum Gasteiger partial charge on any atom is 0.0505 e. The van der Waals surface area contributed by atoms with Crippen molar-refractivity contribution in [3.63, 3.8) is 0 Å². The highest BCUT2D eigenvalue weighted by atomic mass is 32.1. The Balaban J connectivity index is 1.93. The third-order valence-electron chi connectivity index (χ3n) is 4.12. The van der Waals surface area contributed by atoms with Gasteiger partial charge >= 0.3 is 0 Å². The molecule has 1 aliphatic rings. The number of thiol groups is 1. The molecule has 0 spiro atoms. The number of hydrogen-bond donors (Lipinski definition) is 1. The summed E-state index contributed by atoms with van der Waals surface area (Å²) in [5.41, 5.74) is 2.68. The summed E-state index contributed by atoms with van der Waals surface area (Å²) in [5.74, 6) is 0. The average Bonchev–Trinajstić information content (AvgIpc) is 3.03. The zero-order chi connectivity index (χ0) is 13.8. The maximum atomic E-state index is 4.96. The monoisotopic (exact) mass is 283 g/mol. The minimum absolute atomic E-state index is 0.219. The van der Waals surface area contributed by atoms with E-state index in [0.717, 1.165) is 0 Å². The molecule has 1 aliphatic heterocycles. The lowest BCUT2D eigenvalue weighted by molar-refractivity contribution is 0.241. The lowest BCUT2D eigenvalue weighted by Gasteiger charge is -2.32. The van der Waals surface area contributed by atoms with Crippen molar-refractivity contribution in [3.8, 4) is 0 Å². The van der Waals surface area contributed by atoms with Crippen LogP contribution in [0.2, 0.25) is 0 Å². The van der Waals surface area contributed by atoms with Crippen molar-refractivity contribution in [2.75, 3.05) is 13.1 Å². The second-order valence-corrected chi connectivity index (χ2v) is 6.01. The van der Waals surface area contributed by atoms with Crippen LogP contribution >= 0.6 is 12.6 Å². The highest BCUT2D eigenvalue weighted by Gasteiger charge is 2.29. The Morgan fingerprint density at radius 2 is 1.25 bits per heavy atom. The number of nitrogens with zero attached hydrogens (tertiary/aromatic N) is 1. The molecule has 2 heteroatoms. The molecule has 104 valence electrons. The SMILES string of the molecule is SC(c1ccccc1)C(c1ccccc1)N1CCCC1. The van der Waals surface area contributed by atoms with Crippen molar-refractivity contribution in [1.29, 1.82) is 0 Å². The molecule has 1 saturated heterocycles. The fourth-order valence-electron chi connectivity index (χ4n) is 3.10. The lowest BCUT2D eigenvalue weighted by atomic mass is 9.97. The Kier molecular flexibility index (Phi) is 4.44. The van der Waals surface area contributed by atoms with Crippen LogP contribution in [0.1, 0.15) is 35.3 Å². The van der Waals surface area contributed by atoms with Crippen LogP contribution in [-0.2, 0) is 0 Å². The normalized spacial score (nSPS) is 18.9. The van der Waals surface area contributed by atoms with E-state index in [1.165, 1.54) is 37.1 Å². The summed E-state index contributed by atoms with van der Waals surface area (Å²) < 4.78 is 0. The van der Waals surface area contributed by atoms with E-state index in [4.69, 9.17) is 12.6 Å². The lowest BCUT2D eigenvalue weighted by Crippen LogP contribution is -2.28.